The SMILES string of the molecule is CC1=CC=CCN1C(=O)NC12CC3CC(CC(N)(C3)C1)C2. The molecule has 4 bridgehead atoms. The summed E-state index contributed by atoms with van der Waals surface area (Å²) in [7, 11) is 0. The zero-order chi connectivity index (χ0) is 14.7. The van der Waals surface area contributed by atoms with Gasteiger partial charge in [-0.1, -0.05) is 12.2 Å². The van der Waals surface area contributed by atoms with Gasteiger partial charge >= 0.3 is 6.03 Å². The highest BCUT2D eigenvalue weighted by atomic mass is 16.2. The Kier molecular flexibility index (Phi) is 2.77. The molecule has 5 aliphatic rings. The Hall–Kier alpha value is -1.29. The second-order valence-electron chi connectivity index (χ2n) is 7.88. The van der Waals surface area contributed by atoms with E-state index in [2.05, 4.69) is 5.32 Å². The summed E-state index contributed by atoms with van der Waals surface area (Å²) in [5, 5.41) is 3.38. The normalized spacial score (nSPS) is 43.9. The molecule has 0 aromatic heterocycles. The molecular formula is C17H25N3O. The van der Waals surface area contributed by atoms with Crippen LogP contribution in [0, 0.1) is 11.8 Å². The molecule has 3 N–H and O–H groups in total. The molecule has 0 spiro atoms. The fourth-order valence-corrected chi connectivity index (χ4v) is 5.62. The van der Waals surface area contributed by atoms with Crippen LogP contribution >= 0.6 is 0 Å². The third kappa shape index (κ3) is 2.20. The highest BCUT2D eigenvalue weighted by Crippen LogP contribution is 2.56. The lowest BCUT2D eigenvalue weighted by molar-refractivity contribution is -0.0310. The average Bonchev–Trinajstić information content (AvgIpc) is 2.35. The number of amides is 2. The van der Waals surface area contributed by atoms with Crippen molar-refractivity contribution in [2.24, 2.45) is 17.6 Å². The standard InChI is InChI=1S/C17H25N3O/c1-12-4-2-3-5-20(12)15(21)19-17-9-13-6-14(10-17)8-16(18,7-13)11-17/h2-4,13-14H,5-11,18H2,1H3,(H,19,21). The van der Waals surface area contributed by atoms with Crippen LogP contribution in [0.3, 0.4) is 0 Å². The first-order valence-corrected chi connectivity index (χ1v) is 8.19. The molecule has 2 unspecified atom stereocenters. The van der Waals surface area contributed by atoms with Crippen LogP contribution < -0.4 is 11.1 Å². The maximum absolute atomic E-state index is 12.7. The van der Waals surface area contributed by atoms with Crippen molar-refractivity contribution in [1.29, 1.82) is 0 Å². The Morgan fingerprint density at radius 3 is 2.67 bits per heavy atom. The molecule has 4 nitrogen and oxygen atoms in total. The molecule has 0 saturated heterocycles. The van der Waals surface area contributed by atoms with E-state index in [1.807, 2.05) is 30.1 Å². The van der Waals surface area contributed by atoms with Crippen LogP contribution in [0.4, 0.5) is 4.79 Å². The molecule has 1 aliphatic heterocycles. The maximum Gasteiger partial charge on any atom is 0.322 e. The minimum atomic E-state index is -0.0443. The molecule has 4 saturated carbocycles. The van der Waals surface area contributed by atoms with Gasteiger partial charge in [-0.15, -0.1) is 0 Å². The van der Waals surface area contributed by atoms with Crippen LogP contribution in [0.15, 0.2) is 23.9 Å². The highest BCUT2D eigenvalue weighted by Gasteiger charge is 2.57. The summed E-state index contributed by atoms with van der Waals surface area (Å²) in [4.78, 5) is 14.5. The molecule has 0 aromatic rings. The number of allylic oxidation sites excluding steroid dienone is 3. The van der Waals surface area contributed by atoms with Gasteiger partial charge in [0.1, 0.15) is 0 Å². The predicted molar refractivity (Wildman–Crippen MR) is 82.5 cm³/mol. The average molecular weight is 287 g/mol. The summed E-state index contributed by atoms with van der Waals surface area (Å²) in [5.74, 6) is 1.43. The minimum absolute atomic E-state index is 0.0238. The zero-order valence-corrected chi connectivity index (χ0v) is 12.8. The Labute approximate surface area is 126 Å². The first kappa shape index (κ1) is 13.4. The van der Waals surface area contributed by atoms with E-state index in [4.69, 9.17) is 5.73 Å². The van der Waals surface area contributed by atoms with E-state index < -0.39 is 0 Å². The van der Waals surface area contributed by atoms with Crippen molar-refractivity contribution in [3.05, 3.63) is 23.9 Å². The topological polar surface area (TPSA) is 58.4 Å². The minimum Gasteiger partial charge on any atom is -0.332 e. The molecule has 4 fully saturated rings. The Morgan fingerprint density at radius 2 is 2.05 bits per heavy atom. The van der Waals surface area contributed by atoms with Gasteiger partial charge in [0.15, 0.2) is 0 Å². The Bertz CT molecular complexity index is 522. The van der Waals surface area contributed by atoms with Gasteiger partial charge in [-0.2, -0.15) is 0 Å². The van der Waals surface area contributed by atoms with Gasteiger partial charge in [-0.3, -0.25) is 4.90 Å². The second-order valence-corrected chi connectivity index (χ2v) is 7.88. The van der Waals surface area contributed by atoms with Crippen LogP contribution in [0.5, 0.6) is 0 Å². The molecule has 1 heterocycles. The summed E-state index contributed by atoms with van der Waals surface area (Å²) >= 11 is 0. The van der Waals surface area contributed by atoms with Crippen molar-refractivity contribution >= 4 is 6.03 Å². The molecule has 4 heteroatoms. The van der Waals surface area contributed by atoms with E-state index >= 15 is 0 Å². The van der Waals surface area contributed by atoms with E-state index in [0.29, 0.717) is 6.54 Å². The van der Waals surface area contributed by atoms with Crippen LogP contribution in [0.1, 0.15) is 45.4 Å². The Morgan fingerprint density at radius 1 is 1.33 bits per heavy atom. The van der Waals surface area contributed by atoms with Crippen LogP contribution in [0.2, 0.25) is 0 Å². The summed E-state index contributed by atoms with van der Waals surface area (Å²) in [6.07, 6.45) is 12.9. The van der Waals surface area contributed by atoms with Gasteiger partial charge in [0.2, 0.25) is 0 Å². The number of nitrogens with one attached hydrogen (secondary N) is 1. The predicted octanol–water partition coefficient (Wildman–Crippen LogP) is 2.52. The lowest BCUT2D eigenvalue weighted by Gasteiger charge is -2.61. The zero-order valence-electron chi connectivity index (χ0n) is 12.8. The van der Waals surface area contributed by atoms with Crippen LogP contribution in [0.25, 0.3) is 0 Å². The van der Waals surface area contributed by atoms with Crippen molar-refractivity contribution in [3.63, 3.8) is 0 Å². The highest BCUT2D eigenvalue weighted by molar-refractivity contribution is 5.77. The van der Waals surface area contributed by atoms with Gasteiger partial charge < -0.3 is 11.1 Å². The van der Waals surface area contributed by atoms with Crippen molar-refractivity contribution in [2.45, 2.75) is 56.5 Å². The number of hydrogen-bond acceptors (Lipinski definition) is 2. The molecule has 21 heavy (non-hydrogen) atoms. The van der Waals surface area contributed by atoms with Crippen LogP contribution in [-0.4, -0.2) is 28.6 Å². The lowest BCUT2D eigenvalue weighted by atomic mass is 9.50. The third-order valence-electron chi connectivity index (χ3n) is 5.91. The lowest BCUT2D eigenvalue weighted by Crippen LogP contribution is -2.69. The molecule has 114 valence electrons. The molecule has 4 aliphatic carbocycles. The van der Waals surface area contributed by atoms with Gasteiger partial charge in [0.05, 0.1) is 0 Å². The first-order valence-electron chi connectivity index (χ1n) is 8.19. The largest absolute Gasteiger partial charge is 0.332 e. The number of carbonyl (C=O) groups is 1. The van der Waals surface area contributed by atoms with Crippen molar-refractivity contribution < 1.29 is 4.79 Å². The number of nitrogens with zero attached hydrogens (tertiary/aromatic N) is 1. The summed E-state index contributed by atoms with van der Waals surface area (Å²) in [6, 6.07) is 0.0543. The number of hydrogen-bond donors (Lipinski definition) is 2. The van der Waals surface area contributed by atoms with E-state index in [1.54, 1.807) is 0 Å². The molecule has 2 amide bonds. The van der Waals surface area contributed by atoms with Gasteiger partial charge in [0, 0.05) is 23.3 Å². The summed E-state index contributed by atoms with van der Waals surface area (Å²) < 4.78 is 0. The Balaban J connectivity index is 1.53. The fraction of sp³-hybridized carbons (Fsp3) is 0.706. The summed E-state index contributed by atoms with van der Waals surface area (Å²) in [5.41, 5.74) is 7.55. The maximum atomic E-state index is 12.7. The molecule has 0 aromatic carbocycles. The first-order chi connectivity index (χ1) is 9.97. The molecule has 0 radical (unpaired) electrons. The third-order valence-corrected chi connectivity index (χ3v) is 5.91. The number of carbonyl (C=O) groups excluding carboxylic acids is 1. The second kappa shape index (κ2) is 4.35. The van der Waals surface area contributed by atoms with E-state index in [1.165, 1.54) is 6.42 Å². The summed E-state index contributed by atoms with van der Waals surface area (Å²) in [6.45, 7) is 2.66. The van der Waals surface area contributed by atoms with Crippen molar-refractivity contribution in [2.75, 3.05) is 6.54 Å². The van der Waals surface area contributed by atoms with Gasteiger partial charge in [-0.05, 0) is 63.4 Å². The molecule has 2 atom stereocenters. The fourth-order valence-electron chi connectivity index (χ4n) is 5.62. The number of rotatable bonds is 1. The van der Waals surface area contributed by atoms with Crippen LogP contribution in [-0.2, 0) is 0 Å². The smallest absolute Gasteiger partial charge is 0.322 e. The van der Waals surface area contributed by atoms with Gasteiger partial charge in [0.25, 0.3) is 0 Å². The number of urea groups is 1. The monoisotopic (exact) mass is 287 g/mol. The van der Waals surface area contributed by atoms with Crippen molar-refractivity contribution in [3.8, 4) is 0 Å². The quantitative estimate of drug-likeness (QED) is 0.778. The number of nitrogens with two attached hydrogens (primary N) is 1. The van der Waals surface area contributed by atoms with Crippen molar-refractivity contribution in [1.82, 2.24) is 10.2 Å². The van der Waals surface area contributed by atoms with E-state index in [0.717, 1.165) is 49.6 Å². The van der Waals surface area contributed by atoms with E-state index in [-0.39, 0.29) is 17.1 Å². The molecule has 5 rings (SSSR count). The van der Waals surface area contributed by atoms with Gasteiger partial charge in [-0.25, -0.2) is 4.79 Å². The molecular weight excluding hydrogens is 262 g/mol. The van der Waals surface area contributed by atoms with E-state index in [9.17, 15) is 4.79 Å².